The normalized spacial score (nSPS) is 17.9. The number of nitrogens with one attached hydrogen (secondary N) is 2. The molecule has 0 unspecified atom stereocenters. The second kappa shape index (κ2) is 9.73. The quantitative estimate of drug-likeness (QED) is 0.558. The van der Waals surface area contributed by atoms with Gasteiger partial charge in [0.25, 0.3) is 5.91 Å². The first-order valence-electron chi connectivity index (χ1n) is 11.8. The summed E-state index contributed by atoms with van der Waals surface area (Å²) in [7, 11) is 0. The van der Waals surface area contributed by atoms with Crippen molar-refractivity contribution in [2.24, 2.45) is 0 Å². The molecule has 174 valence electrons. The monoisotopic (exact) mass is 457 g/mol. The lowest BCUT2D eigenvalue weighted by molar-refractivity contribution is -0.111. The number of carbonyl (C=O) groups excluding carboxylic acids is 1. The number of hydrogen-bond donors (Lipinski definition) is 2. The van der Waals surface area contributed by atoms with Crippen LogP contribution in [0.3, 0.4) is 0 Å². The van der Waals surface area contributed by atoms with Crippen LogP contribution in [0, 0.1) is 5.82 Å². The van der Waals surface area contributed by atoms with Crippen molar-refractivity contribution in [3.8, 4) is 11.1 Å². The second-order valence-corrected chi connectivity index (χ2v) is 9.04. The summed E-state index contributed by atoms with van der Waals surface area (Å²) in [6, 6.07) is 9.50. The van der Waals surface area contributed by atoms with Gasteiger partial charge in [0.1, 0.15) is 5.82 Å². The first-order valence-corrected chi connectivity index (χ1v) is 11.8. The van der Waals surface area contributed by atoms with Gasteiger partial charge in [0.05, 0.1) is 18.1 Å². The van der Waals surface area contributed by atoms with E-state index >= 15 is 0 Å². The van der Waals surface area contributed by atoms with Crippen LogP contribution >= 0.6 is 0 Å². The minimum Gasteiger partial charge on any atom is -0.379 e. The molecule has 6 nitrogen and oxygen atoms in total. The number of amides is 1. The topological polar surface area (TPSA) is 70.2 Å². The Bertz CT molecular complexity index is 1240. The van der Waals surface area contributed by atoms with Crippen LogP contribution in [0.15, 0.2) is 61.2 Å². The lowest BCUT2D eigenvalue weighted by atomic mass is 9.93. The molecular weight excluding hydrogens is 429 g/mol. The fraction of sp³-hybridized carbons (Fsp3) is 0.296. The summed E-state index contributed by atoms with van der Waals surface area (Å²) < 4.78 is 13.5. The van der Waals surface area contributed by atoms with Gasteiger partial charge in [-0.3, -0.25) is 19.7 Å². The van der Waals surface area contributed by atoms with Crippen molar-refractivity contribution < 1.29 is 9.18 Å². The van der Waals surface area contributed by atoms with Crippen molar-refractivity contribution in [1.82, 2.24) is 14.9 Å². The average Bonchev–Trinajstić information content (AvgIpc) is 2.84. The molecule has 1 atom stereocenters. The predicted molar refractivity (Wildman–Crippen MR) is 133 cm³/mol. The van der Waals surface area contributed by atoms with Crippen molar-refractivity contribution in [2.75, 3.05) is 23.7 Å². The van der Waals surface area contributed by atoms with Crippen LogP contribution in [-0.2, 0) is 11.3 Å². The Hall–Kier alpha value is -3.58. The smallest absolute Gasteiger partial charge is 0.256 e. The van der Waals surface area contributed by atoms with E-state index in [2.05, 4.69) is 37.6 Å². The number of nitrogens with zero attached hydrogens (tertiary/aromatic N) is 3. The molecule has 0 aliphatic carbocycles. The van der Waals surface area contributed by atoms with Crippen LogP contribution in [0.1, 0.15) is 37.3 Å². The highest BCUT2D eigenvalue weighted by atomic mass is 19.1. The highest BCUT2D eigenvalue weighted by Crippen LogP contribution is 2.34. The minimum atomic E-state index is -0.495. The average molecular weight is 458 g/mol. The van der Waals surface area contributed by atoms with Crippen molar-refractivity contribution in [1.29, 1.82) is 0 Å². The van der Waals surface area contributed by atoms with E-state index in [1.165, 1.54) is 37.1 Å². The Morgan fingerprint density at radius 1 is 1.06 bits per heavy atom. The number of piperidine rings is 1. The molecule has 2 aliphatic heterocycles. The third kappa shape index (κ3) is 4.99. The number of anilines is 2. The number of likely N-dealkylation sites (tertiary alicyclic amines) is 1. The number of rotatable bonds is 5. The molecule has 5 rings (SSSR count). The maximum Gasteiger partial charge on any atom is 0.256 e. The largest absolute Gasteiger partial charge is 0.379 e. The molecule has 7 heteroatoms. The summed E-state index contributed by atoms with van der Waals surface area (Å²) in [4.78, 5) is 23.9. The molecule has 1 saturated heterocycles. The first kappa shape index (κ1) is 22.2. The van der Waals surface area contributed by atoms with Crippen molar-refractivity contribution >= 4 is 22.9 Å². The Kier molecular flexibility index (Phi) is 6.36. The van der Waals surface area contributed by atoms with Crippen molar-refractivity contribution in [3.63, 3.8) is 0 Å². The summed E-state index contributed by atoms with van der Waals surface area (Å²) in [5, 5.41) is 6.18. The Morgan fingerprint density at radius 2 is 1.88 bits per heavy atom. The zero-order valence-electron chi connectivity index (χ0n) is 19.2. The molecule has 2 aromatic heterocycles. The van der Waals surface area contributed by atoms with E-state index in [1.54, 1.807) is 0 Å². The van der Waals surface area contributed by atoms with Gasteiger partial charge in [-0.25, -0.2) is 4.39 Å². The highest BCUT2D eigenvalue weighted by molar-refractivity contribution is 6.27. The zero-order valence-corrected chi connectivity index (χ0v) is 19.2. The van der Waals surface area contributed by atoms with Gasteiger partial charge in [0.15, 0.2) is 0 Å². The van der Waals surface area contributed by atoms with E-state index < -0.39 is 5.82 Å². The van der Waals surface area contributed by atoms with Crippen molar-refractivity contribution in [2.45, 2.75) is 38.8 Å². The van der Waals surface area contributed by atoms with Gasteiger partial charge in [-0.15, -0.1) is 0 Å². The molecule has 1 aromatic carbocycles. The van der Waals surface area contributed by atoms with E-state index in [9.17, 15) is 9.18 Å². The van der Waals surface area contributed by atoms with Gasteiger partial charge < -0.3 is 10.6 Å². The molecule has 1 amide bonds. The summed E-state index contributed by atoms with van der Waals surface area (Å²) >= 11 is 0. The van der Waals surface area contributed by atoms with Gasteiger partial charge in [-0.2, -0.15) is 0 Å². The molecule has 4 heterocycles. The molecule has 2 N–H and O–H groups in total. The summed E-state index contributed by atoms with van der Waals surface area (Å²) in [5.41, 5.74) is 5.77. The summed E-state index contributed by atoms with van der Waals surface area (Å²) in [5.74, 6) is -0.791. The predicted octanol–water partition coefficient (Wildman–Crippen LogP) is 5.10. The Morgan fingerprint density at radius 3 is 2.71 bits per heavy atom. The van der Waals surface area contributed by atoms with E-state index in [4.69, 9.17) is 0 Å². The third-order valence-corrected chi connectivity index (χ3v) is 6.30. The maximum absolute atomic E-state index is 13.5. The fourth-order valence-electron chi connectivity index (χ4n) is 4.68. The molecule has 1 fully saturated rings. The summed E-state index contributed by atoms with van der Waals surface area (Å²) in [6.45, 7) is 5.16. The molecular formula is C27H28FN5O. The SMILES string of the molecule is C[C@@H]1C=C(C(=O)Nc2cncc(F)c2)c2cc(-c3cncc(CN4CCCCC4)c3)ccc2N1. The number of benzene rings is 1. The van der Waals surface area contributed by atoms with Gasteiger partial charge in [-0.05, 0) is 68.3 Å². The number of fused-ring (bicyclic) bond motifs is 1. The molecule has 2 aliphatic rings. The van der Waals surface area contributed by atoms with E-state index in [-0.39, 0.29) is 11.9 Å². The van der Waals surface area contributed by atoms with Crippen molar-refractivity contribution in [3.05, 3.63) is 78.1 Å². The van der Waals surface area contributed by atoms with Gasteiger partial charge in [0, 0.05) is 53.4 Å². The van der Waals surface area contributed by atoms with Crippen LogP contribution in [-0.4, -0.2) is 39.9 Å². The van der Waals surface area contributed by atoms with E-state index in [0.29, 0.717) is 11.3 Å². The van der Waals surface area contributed by atoms with Crippen LogP contribution in [0.2, 0.25) is 0 Å². The van der Waals surface area contributed by atoms with Crippen LogP contribution < -0.4 is 10.6 Å². The lowest BCUT2D eigenvalue weighted by Crippen LogP contribution is -2.29. The third-order valence-electron chi connectivity index (χ3n) is 6.30. The van der Waals surface area contributed by atoms with E-state index in [0.717, 1.165) is 48.2 Å². The standard InChI is InChI=1S/C27H28FN5O/c1-18-9-25(27(34)32-23-12-22(28)15-30-16-23)24-11-20(5-6-26(24)31-18)21-10-19(13-29-14-21)17-33-7-3-2-4-8-33/h5-6,9-16,18,31H,2-4,7-8,17H2,1H3,(H,32,34)/t18-/m1/s1. The second-order valence-electron chi connectivity index (χ2n) is 9.04. The number of pyridine rings is 2. The van der Waals surface area contributed by atoms with E-state index in [1.807, 2.05) is 37.5 Å². The molecule has 3 aromatic rings. The van der Waals surface area contributed by atoms with Crippen LogP contribution in [0.5, 0.6) is 0 Å². The lowest BCUT2D eigenvalue weighted by Gasteiger charge is -2.26. The van der Waals surface area contributed by atoms with Gasteiger partial charge >= 0.3 is 0 Å². The Labute approximate surface area is 198 Å². The number of carbonyl (C=O) groups is 1. The molecule has 0 bridgehead atoms. The highest BCUT2D eigenvalue weighted by Gasteiger charge is 2.23. The molecule has 0 saturated carbocycles. The minimum absolute atomic E-state index is 0.0146. The number of aromatic nitrogens is 2. The van der Waals surface area contributed by atoms with Gasteiger partial charge in [-0.1, -0.05) is 12.5 Å². The first-order chi connectivity index (χ1) is 16.5. The molecule has 0 radical (unpaired) electrons. The fourth-order valence-corrected chi connectivity index (χ4v) is 4.68. The summed E-state index contributed by atoms with van der Waals surface area (Å²) in [6.07, 6.45) is 12.1. The maximum atomic E-state index is 13.5. The zero-order chi connectivity index (χ0) is 23.5. The van der Waals surface area contributed by atoms with Crippen LogP contribution in [0.25, 0.3) is 16.7 Å². The molecule has 0 spiro atoms. The Balaban J connectivity index is 1.42. The van der Waals surface area contributed by atoms with Crippen LogP contribution in [0.4, 0.5) is 15.8 Å². The number of hydrogen-bond acceptors (Lipinski definition) is 5. The van der Waals surface area contributed by atoms with Gasteiger partial charge in [0.2, 0.25) is 0 Å². The molecule has 34 heavy (non-hydrogen) atoms. The number of halogens is 1.